The van der Waals surface area contributed by atoms with Gasteiger partial charge >= 0.3 is 0 Å². The Morgan fingerprint density at radius 1 is 1.33 bits per heavy atom. The van der Waals surface area contributed by atoms with Crippen LogP contribution >= 0.6 is 0 Å². The molecule has 1 heterocycles. The second kappa shape index (κ2) is 4.39. The lowest BCUT2D eigenvalue weighted by Crippen LogP contribution is -2.15. The van der Waals surface area contributed by atoms with Crippen molar-refractivity contribution in [1.29, 1.82) is 0 Å². The molecule has 1 aromatic carbocycles. The zero-order valence-corrected chi connectivity index (χ0v) is 11.9. The van der Waals surface area contributed by atoms with Gasteiger partial charge in [-0.25, -0.2) is 4.98 Å². The summed E-state index contributed by atoms with van der Waals surface area (Å²) < 4.78 is 2.14. The van der Waals surface area contributed by atoms with Crippen LogP contribution in [0.2, 0.25) is 0 Å². The zero-order valence-electron chi connectivity index (χ0n) is 11.9. The molecule has 0 aliphatic heterocycles. The van der Waals surface area contributed by atoms with E-state index in [1.807, 2.05) is 18.2 Å². The molecule has 0 radical (unpaired) electrons. The van der Waals surface area contributed by atoms with Gasteiger partial charge in [0.15, 0.2) is 0 Å². The predicted molar refractivity (Wildman–Crippen MR) is 74.5 cm³/mol. The topological polar surface area (TPSA) is 38.1 Å². The van der Waals surface area contributed by atoms with Crippen molar-refractivity contribution in [3.63, 3.8) is 0 Å². The van der Waals surface area contributed by atoms with Crippen LogP contribution in [0.5, 0.6) is 0 Å². The van der Waals surface area contributed by atoms with E-state index in [1.54, 1.807) is 13.8 Å². The van der Waals surface area contributed by atoms with Gasteiger partial charge in [0.25, 0.3) is 0 Å². The highest BCUT2D eigenvalue weighted by Gasteiger charge is 2.18. The van der Waals surface area contributed by atoms with Crippen molar-refractivity contribution >= 4 is 11.0 Å². The Balaban J connectivity index is 2.52. The van der Waals surface area contributed by atoms with Crippen molar-refractivity contribution in [2.75, 3.05) is 0 Å². The molecule has 0 fully saturated rings. The van der Waals surface area contributed by atoms with E-state index in [2.05, 4.69) is 30.4 Å². The Kier molecular flexibility index (Phi) is 3.20. The van der Waals surface area contributed by atoms with E-state index >= 15 is 0 Å². The molecule has 0 bridgehead atoms. The number of benzene rings is 1. The van der Waals surface area contributed by atoms with Gasteiger partial charge in [0, 0.05) is 13.5 Å². The Morgan fingerprint density at radius 2 is 2.00 bits per heavy atom. The number of hydrogen-bond acceptors (Lipinski definition) is 2. The Bertz CT molecular complexity index is 562. The predicted octanol–water partition coefficient (Wildman–Crippen LogP) is 3.00. The normalized spacial score (nSPS) is 12.6. The summed E-state index contributed by atoms with van der Waals surface area (Å²) in [6.45, 7) is 7.99. The number of fused-ring (bicyclic) bond motifs is 1. The first-order valence-corrected chi connectivity index (χ1v) is 6.47. The molecule has 0 amide bonds. The third-order valence-corrected chi connectivity index (χ3v) is 3.27. The second-order valence-corrected chi connectivity index (χ2v) is 5.95. The average molecular weight is 246 g/mol. The minimum atomic E-state index is -0.816. The molecule has 0 spiro atoms. The molecule has 98 valence electrons. The number of aliphatic hydroxyl groups is 1. The molecule has 3 heteroatoms. The largest absolute Gasteiger partial charge is 0.386 e. The Hall–Kier alpha value is -1.35. The van der Waals surface area contributed by atoms with Gasteiger partial charge in [0.05, 0.1) is 16.6 Å². The molecule has 18 heavy (non-hydrogen) atoms. The number of rotatable bonds is 3. The van der Waals surface area contributed by atoms with Crippen LogP contribution < -0.4 is 0 Å². The van der Waals surface area contributed by atoms with E-state index in [9.17, 15) is 5.11 Å². The van der Waals surface area contributed by atoms with Crippen LogP contribution in [0.4, 0.5) is 0 Å². The summed E-state index contributed by atoms with van der Waals surface area (Å²) in [6.07, 6.45) is 0.975. The molecule has 0 unspecified atom stereocenters. The Morgan fingerprint density at radius 3 is 2.56 bits per heavy atom. The van der Waals surface area contributed by atoms with Crippen molar-refractivity contribution in [3.05, 3.63) is 29.6 Å². The number of aromatic nitrogens is 2. The number of aryl methyl sites for hydroxylation is 1. The third kappa shape index (κ3) is 2.41. The fourth-order valence-electron chi connectivity index (χ4n) is 2.18. The lowest BCUT2D eigenvalue weighted by Gasteiger charge is -2.17. The van der Waals surface area contributed by atoms with Gasteiger partial charge in [0.2, 0.25) is 0 Å². The maximum atomic E-state index is 10.0. The van der Waals surface area contributed by atoms with Crippen molar-refractivity contribution in [3.8, 4) is 0 Å². The zero-order chi connectivity index (χ0) is 13.5. The SMILES string of the molecule is CC(C)Cc1nc2cc(C(C)(C)O)ccc2n1C. The highest BCUT2D eigenvalue weighted by atomic mass is 16.3. The number of imidazole rings is 1. The molecule has 0 saturated heterocycles. The molecule has 1 aromatic heterocycles. The molecule has 0 saturated carbocycles. The minimum Gasteiger partial charge on any atom is -0.386 e. The molecule has 0 atom stereocenters. The van der Waals surface area contributed by atoms with E-state index in [0.29, 0.717) is 5.92 Å². The van der Waals surface area contributed by atoms with Crippen molar-refractivity contribution in [1.82, 2.24) is 9.55 Å². The molecule has 2 aromatic rings. The van der Waals surface area contributed by atoms with Crippen LogP contribution in [0.1, 0.15) is 39.1 Å². The molecular formula is C15H22N2O. The molecule has 1 N–H and O–H groups in total. The van der Waals surface area contributed by atoms with Gasteiger partial charge in [-0.3, -0.25) is 0 Å². The maximum absolute atomic E-state index is 10.0. The van der Waals surface area contributed by atoms with E-state index < -0.39 is 5.60 Å². The van der Waals surface area contributed by atoms with Crippen molar-refractivity contribution in [2.45, 2.75) is 39.7 Å². The summed E-state index contributed by atoms with van der Waals surface area (Å²) in [7, 11) is 2.05. The quantitative estimate of drug-likeness (QED) is 0.904. The molecule has 0 aliphatic rings. The van der Waals surface area contributed by atoms with E-state index in [0.717, 1.165) is 28.8 Å². The van der Waals surface area contributed by atoms with Gasteiger partial charge in [-0.05, 0) is 37.5 Å². The minimum absolute atomic E-state index is 0.592. The maximum Gasteiger partial charge on any atom is 0.109 e. The highest BCUT2D eigenvalue weighted by Crippen LogP contribution is 2.25. The molecular weight excluding hydrogens is 224 g/mol. The lowest BCUT2D eigenvalue weighted by molar-refractivity contribution is 0.0787. The molecule has 0 aliphatic carbocycles. The van der Waals surface area contributed by atoms with Crippen LogP contribution in [-0.4, -0.2) is 14.7 Å². The highest BCUT2D eigenvalue weighted by molar-refractivity contribution is 5.77. The van der Waals surface area contributed by atoms with E-state index in [4.69, 9.17) is 0 Å². The monoisotopic (exact) mass is 246 g/mol. The van der Waals surface area contributed by atoms with Gasteiger partial charge in [-0.2, -0.15) is 0 Å². The second-order valence-electron chi connectivity index (χ2n) is 5.95. The summed E-state index contributed by atoms with van der Waals surface area (Å²) in [4.78, 5) is 4.68. The van der Waals surface area contributed by atoms with Crippen LogP contribution in [0.3, 0.4) is 0 Å². The average Bonchev–Trinajstić information content (AvgIpc) is 2.53. The first-order chi connectivity index (χ1) is 8.29. The van der Waals surface area contributed by atoms with E-state index in [1.165, 1.54) is 0 Å². The smallest absolute Gasteiger partial charge is 0.109 e. The number of nitrogens with zero attached hydrogens (tertiary/aromatic N) is 2. The van der Waals surface area contributed by atoms with Gasteiger partial charge in [-0.15, -0.1) is 0 Å². The first kappa shape index (κ1) is 13.1. The van der Waals surface area contributed by atoms with Gasteiger partial charge < -0.3 is 9.67 Å². The summed E-state index contributed by atoms with van der Waals surface area (Å²) in [5.41, 5.74) is 2.18. The van der Waals surface area contributed by atoms with E-state index in [-0.39, 0.29) is 0 Å². The van der Waals surface area contributed by atoms with Crippen molar-refractivity contribution in [2.24, 2.45) is 13.0 Å². The molecule has 2 rings (SSSR count). The van der Waals surface area contributed by atoms with Crippen LogP contribution in [0.25, 0.3) is 11.0 Å². The first-order valence-electron chi connectivity index (χ1n) is 6.47. The lowest BCUT2D eigenvalue weighted by atomic mass is 9.98. The Labute approximate surface area is 108 Å². The number of hydrogen-bond donors (Lipinski definition) is 1. The van der Waals surface area contributed by atoms with Crippen molar-refractivity contribution < 1.29 is 5.11 Å². The summed E-state index contributed by atoms with van der Waals surface area (Å²) in [5.74, 6) is 1.70. The van der Waals surface area contributed by atoms with Gasteiger partial charge in [-0.1, -0.05) is 19.9 Å². The van der Waals surface area contributed by atoms with Crippen LogP contribution in [0.15, 0.2) is 18.2 Å². The summed E-state index contributed by atoms with van der Waals surface area (Å²) in [6, 6.07) is 6.00. The fraction of sp³-hybridized carbons (Fsp3) is 0.533. The summed E-state index contributed by atoms with van der Waals surface area (Å²) >= 11 is 0. The summed E-state index contributed by atoms with van der Waals surface area (Å²) in [5, 5.41) is 10.0. The fourth-order valence-corrected chi connectivity index (χ4v) is 2.18. The van der Waals surface area contributed by atoms with Crippen LogP contribution in [0, 0.1) is 5.92 Å². The standard InChI is InChI=1S/C15H22N2O/c1-10(2)8-14-16-12-9-11(15(3,4)18)6-7-13(12)17(14)5/h6-7,9-10,18H,8H2,1-5H3. The van der Waals surface area contributed by atoms with Gasteiger partial charge in [0.1, 0.15) is 5.82 Å². The molecule has 3 nitrogen and oxygen atoms in total. The van der Waals surface area contributed by atoms with Crippen LogP contribution in [-0.2, 0) is 19.1 Å². The third-order valence-electron chi connectivity index (χ3n) is 3.27.